The molecular formula is C25H28ClF3N2O2S. The van der Waals surface area contributed by atoms with Crippen LogP contribution in [0.25, 0.3) is 22.0 Å². The monoisotopic (exact) mass is 512 g/mol. The van der Waals surface area contributed by atoms with Crippen LogP contribution >= 0.6 is 11.6 Å². The van der Waals surface area contributed by atoms with Crippen LogP contribution in [0.2, 0.25) is 5.02 Å². The van der Waals surface area contributed by atoms with Crippen LogP contribution in [0.1, 0.15) is 50.8 Å². The van der Waals surface area contributed by atoms with Crippen molar-refractivity contribution in [2.24, 2.45) is 5.41 Å². The number of benzene rings is 2. The Labute approximate surface area is 203 Å². The van der Waals surface area contributed by atoms with Crippen LogP contribution < -0.4 is 4.72 Å². The van der Waals surface area contributed by atoms with Gasteiger partial charge in [-0.05, 0) is 48.4 Å². The average Bonchev–Trinajstić information content (AvgIpc) is 3.50. The van der Waals surface area contributed by atoms with Crippen LogP contribution in [0.4, 0.5) is 13.2 Å². The second kappa shape index (κ2) is 8.57. The number of aryl methyl sites for hydroxylation is 1. The molecule has 34 heavy (non-hydrogen) atoms. The number of fused-ring (bicyclic) bond motifs is 1. The average molecular weight is 513 g/mol. The first-order chi connectivity index (χ1) is 15.7. The molecule has 1 aliphatic rings. The van der Waals surface area contributed by atoms with E-state index < -0.39 is 27.5 Å². The number of halogens is 4. The summed E-state index contributed by atoms with van der Waals surface area (Å²) in [5, 5.41) is 0.160. The lowest BCUT2D eigenvalue weighted by Crippen LogP contribution is -2.39. The molecule has 1 unspecified atom stereocenters. The Balaban J connectivity index is 1.91. The summed E-state index contributed by atoms with van der Waals surface area (Å²) in [4.78, 5) is 0. The standard InChI is InChI=1S/C25H28ClF3N2O2S/c1-15-6-5-7-20(26)22(15)16-8-11-18-19(13-31(21(18)12-16)14-24(2,3)4)23(25(27,28)29)30-34(32,33)17-9-10-17/h5-8,11-13,17,23,30H,9-10,14H2,1-4H3. The zero-order valence-electron chi connectivity index (χ0n) is 19.5. The Kier molecular flexibility index (Phi) is 6.32. The van der Waals surface area contributed by atoms with Crippen molar-refractivity contribution in [2.75, 3.05) is 0 Å². The summed E-state index contributed by atoms with van der Waals surface area (Å²) in [7, 11) is -4.07. The van der Waals surface area contributed by atoms with Crippen molar-refractivity contribution >= 4 is 32.5 Å². The van der Waals surface area contributed by atoms with Crippen molar-refractivity contribution in [3.05, 3.63) is 58.7 Å². The highest BCUT2D eigenvalue weighted by Crippen LogP contribution is 2.42. The SMILES string of the molecule is Cc1cccc(Cl)c1-c1ccc2c(C(NS(=O)(=O)C3CC3)C(F)(F)F)cn(CC(C)(C)C)c2c1. The van der Waals surface area contributed by atoms with Crippen molar-refractivity contribution in [2.45, 2.75) is 64.5 Å². The predicted molar refractivity (Wildman–Crippen MR) is 130 cm³/mol. The number of nitrogens with zero attached hydrogens (tertiary/aromatic N) is 1. The summed E-state index contributed by atoms with van der Waals surface area (Å²) in [5.41, 5.74) is 2.84. The van der Waals surface area contributed by atoms with Gasteiger partial charge in [-0.25, -0.2) is 8.42 Å². The molecule has 2 aromatic carbocycles. The summed E-state index contributed by atoms with van der Waals surface area (Å²) in [5.74, 6) is 0. The molecule has 0 spiro atoms. The molecular weight excluding hydrogens is 485 g/mol. The zero-order valence-corrected chi connectivity index (χ0v) is 21.1. The van der Waals surface area contributed by atoms with Crippen LogP contribution in [0.15, 0.2) is 42.6 Å². The Bertz CT molecular complexity index is 1320. The van der Waals surface area contributed by atoms with E-state index >= 15 is 0 Å². The molecule has 0 aliphatic heterocycles. The zero-order chi connectivity index (χ0) is 25.1. The van der Waals surface area contributed by atoms with Gasteiger partial charge in [-0.2, -0.15) is 17.9 Å². The lowest BCUT2D eigenvalue weighted by atomic mass is 9.96. The summed E-state index contributed by atoms with van der Waals surface area (Å²) >= 11 is 6.45. The maximum Gasteiger partial charge on any atom is 0.408 e. The third-order valence-electron chi connectivity index (χ3n) is 5.95. The summed E-state index contributed by atoms with van der Waals surface area (Å²) in [6, 6.07) is 8.44. The molecule has 1 aromatic heterocycles. The fourth-order valence-corrected chi connectivity index (χ4v) is 6.16. The maximum atomic E-state index is 14.2. The van der Waals surface area contributed by atoms with Gasteiger partial charge >= 0.3 is 6.18 Å². The largest absolute Gasteiger partial charge is 0.408 e. The van der Waals surface area contributed by atoms with E-state index in [4.69, 9.17) is 11.6 Å². The van der Waals surface area contributed by atoms with Gasteiger partial charge in [0.1, 0.15) is 6.04 Å². The van der Waals surface area contributed by atoms with Crippen LogP contribution in [0, 0.1) is 12.3 Å². The molecule has 1 atom stereocenters. The molecule has 4 nitrogen and oxygen atoms in total. The molecule has 0 radical (unpaired) electrons. The lowest BCUT2D eigenvalue weighted by molar-refractivity contribution is -0.152. The van der Waals surface area contributed by atoms with Crippen molar-refractivity contribution in [3.8, 4) is 11.1 Å². The topological polar surface area (TPSA) is 51.1 Å². The molecule has 0 saturated heterocycles. The van der Waals surface area contributed by atoms with E-state index in [0.29, 0.717) is 35.3 Å². The van der Waals surface area contributed by atoms with Crippen LogP contribution in [0.5, 0.6) is 0 Å². The highest BCUT2D eigenvalue weighted by atomic mass is 35.5. The first-order valence-corrected chi connectivity index (χ1v) is 13.1. The van der Waals surface area contributed by atoms with Gasteiger partial charge in [0.15, 0.2) is 0 Å². The minimum Gasteiger partial charge on any atom is -0.347 e. The number of aromatic nitrogens is 1. The molecule has 0 bridgehead atoms. The number of hydrogen-bond donors (Lipinski definition) is 1. The van der Waals surface area contributed by atoms with E-state index in [2.05, 4.69) is 0 Å². The minimum atomic E-state index is -4.79. The third kappa shape index (κ3) is 5.14. The third-order valence-corrected chi connectivity index (χ3v) is 8.18. The number of alkyl halides is 3. The second-order valence-corrected chi connectivity index (χ2v) is 12.7. The Morgan fingerprint density at radius 1 is 1.15 bits per heavy atom. The number of rotatable bonds is 6. The second-order valence-electron chi connectivity index (χ2n) is 10.3. The van der Waals surface area contributed by atoms with Crippen LogP contribution in [0.3, 0.4) is 0 Å². The minimum absolute atomic E-state index is 0.0987. The molecule has 1 aliphatic carbocycles. The molecule has 1 fully saturated rings. The molecule has 0 amide bonds. The molecule has 3 aromatic rings. The number of nitrogens with one attached hydrogen (secondary N) is 1. The van der Waals surface area contributed by atoms with Gasteiger partial charge in [0, 0.05) is 39.8 Å². The Morgan fingerprint density at radius 3 is 2.38 bits per heavy atom. The predicted octanol–water partition coefficient (Wildman–Crippen LogP) is 7.00. The molecule has 1 heterocycles. The number of sulfonamides is 1. The van der Waals surface area contributed by atoms with Gasteiger partial charge in [-0.15, -0.1) is 0 Å². The van der Waals surface area contributed by atoms with E-state index in [0.717, 1.165) is 16.7 Å². The van der Waals surface area contributed by atoms with Crippen LogP contribution in [-0.4, -0.2) is 24.4 Å². The smallest absolute Gasteiger partial charge is 0.347 e. The van der Waals surface area contributed by atoms with Crippen molar-refractivity contribution < 1.29 is 21.6 Å². The quantitative estimate of drug-likeness (QED) is 0.386. The van der Waals surface area contributed by atoms with Gasteiger partial charge in [0.25, 0.3) is 0 Å². The highest BCUT2D eigenvalue weighted by molar-refractivity contribution is 7.90. The van der Waals surface area contributed by atoms with E-state index in [-0.39, 0.29) is 11.0 Å². The molecule has 1 N–H and O–H groups in total. The fraction of sp³-hybridized carbons (Fsp3) is 0.440. The fourth-order valence-electron chi connectivity index (χ4n) is 4.29. The van der Waals surface area contributed by atoms with Crippen LogP contribution in [-0.2, 0) is 16.6 Å². The van der Waals surface area contributed by atoms with Crippen molar-refractivity contribution in [1.82, 2.24) is 9.29 Å². The lowest BCUT2D eigenvalue weighted by Gasteiger charge is -2.22. The number of hydrogen-bond acceptors (Lipinski definition) is 2. The Hall–Kier alpha value is -2.03. The summed E-state index contributed by atoms with van der Waals surface area (Å²) in [6.45, 7) is 8.37. The summed E-state index contributed by atoms with van der Waals surface area (Å²) in [6.07, 6.45) is -2.59. The molecule has 184 valence electrons. The van der Waals surface area contributed by atoms with Gasteiger partial charge in [0.05, 0.1) is 5.25 Å². The van der Waals surface area contributed by atoms with E-state index in [1.54, 1.807) is 22.8 Å². The van der Waals surface area contributed by atoms with Gasteiger partial charge < -0.3 is 4.57 Å². The Morgan fingerprint density at radius 2 is 1.82 bits per heavy atom. The first-order valence-electron chi connectivity index (χ1n) is 11.1. The highest BCUT2D eigenvalue weighted by Gasteiger charge is 2.47. The van der Waals surface area contributed by atoms with E-state index in [9.17, 15) is 21.6 Å². The van der Waals surface area contributed by atoms with E-state index in [1.165, 1.54) is 6.20 Å². The first kappa shape index (κ1) is 25.1. The van der Waals surface area contributed by atoms with E-state index in [1.807, 2.05) is 50.6 Å². The van der Waals surface area contributed by atoms with Gasteiger partial charge in [0.2, 0.25) is 10.0 Å². The molecule has 4 rings (SSSR count). The van der Waals surface area contributed by atoms with Gasteiger partial charge in [-0.3, -0.25) is 0 Å². The molecule has 9 heteroatoms. The molecule has 1 saturated carbocycles. The summed E-state index contributed by atoms with van der Waals surface area (Å²) < 4.78 is 71.3. The normalized spacial score (nSPS) is 16.2. The van der Waals surface area contributed by atoms with Gasteiger partial charge in [-0.1, -0.05) is 56.6 Å². The van der Waals surface area contributed by atoms with Crippen molar-refractivity contribution in [3.63, 3.8) is 0 Å². The van der Waals surface area contributed by atoms with Crippen molar-refractivity contribution in [1.29, 1.82) is 0 Å². The maximum absolute atomic E-state index is 14.2.